The molecule has 1 aromatic carbocycles. The number of hydrogen-bond acceptors (Lipinski definition) is 2. The Morgan fingerprint density at radius 2 is 1.89 bits per heavy atom. The number of nitrogens with two attached hydrogens (primary N) is 1. The third-order valence-electron chi connectivity index (χ3n) is 3.83. The van der Waals surface area contributed by atoms with E-state index in [1.54, 1.807) is 0 Å². The van der Waals surface area contributed by atoms with E-state index in [0.29, 0.717) is 0 Å². The lowest BCUT2D eigenvalue weighted by molar-refractivity contribution is 0.238. The Morgan fingerprint density at radius 3 is 2.44 bits per heavy atom. The number of nitrogens with zero attached hydrogens (tertiary/aromatic N) is 1. The molecular formula is C16H24N2. The highest BCUT2D eigenvalue weighted by Crippen LogP contribution is 2.26. The average Bonchev–Trinajstić information content (AvgIpc) is 2.32. The number of anilines is 1. The molecule has 2 heteroatoms. The van der Waals surface area contributed by atoms with E-state index < -0.39 is 0 Å². The summed E-state index contributed by atoms with van der Waals surface area (Å²) in [5, 5.41) is 0. The molecule has 1 aliphatic heterocycles. The molecule has 0 saturated heterocycles. The van der Waals surface area contributed by atoms with E-state index in [2.05, 4.69) is 43.9 Å². The summed E-state index contributed by atoms with van der Waals surface area (Å²) < 4.78 is 0. The van der Waals surface area contributed by atoms with E-state index in [1.807, 2.05) is 12.1 Å². The van der Waals surface area contributed by atoms with Crippen molar-refractivity contribution in [2.45, 2.75) is 32.6 Å². The zero-order valence-electron chi connectivity index (χ0n) is 11.7. The predicted octanol–water partition coefficient (Wildman–Crippen LogP) is 3.20. The quantitative estimate of drug-likeness (QED) is 0.653. The van der Waals surface area contributed by atoms with Gasteiger partial charge in [0.2, 0.25) is 0 Å². The van der Waals surface area contributed by atoms with Gasteiger partial charge in [0, 0.05) is 30.7 Å². The summed E-state index contributed by atoms with van der Waals surface area (Å²) in [6.45, 7) is 10.2. The van der Waals surface area contributed by atoms with Crippen LogP contribution in [0, 0.1) is 0 Å². The lowest BCUT2D eigenvalue weighted by Gasteiger charge is -2.34. The summed E-state index contributed by atoms with van der Waals surface area (Å²) >= 11 is 0. The molecule has 1 heterocycles. The minimum Gasteiger partial charge on any atom is -0.399 e. The Labute approximate surface area is 110 Å². The van der Waals surface area contributed by atoms with Gasteiger partial charge in [0.25, 0.3) is 0 Å². The van der Waals surface area contributed by atoms with Crippen LogP contribution in [0.5, 0.6) is 0 Å². The molecule has 2 N–H and O–H groups in total. The zero-order chi connectivity index (χ0) is 13.2. The fraction of sp³-hybridized carbons (Fsp3) is 0.500. The summed E-state index contributed by atoms with van der Waals surface area (Å²) in [4.78, 5) is 2.53. The second kappa shape index (κ2) is 5.15. The van der Waals surface area contributed by atoms with Crippen molar-refractivity contribution in [2.75, 3.05) is 25.4 Å². The first-order valence-corrected chi connectivity index (χ1v) is 6.71. The lowest BCUT2D eigenvalue weighted by Crippen LogP contribution is -2.39. The summed E-state index contributed by atoms with van der Waals surface area (Å²) in [5.74, 6) is 0. The van der Waals surface area contributed by atoms with Gasteiger partial charge in [0.1, 0.15) is 0 Å². The molecule has 0 radical (unpaired) electrons. The number of rotatable bonds is 3. The maximum absolute atomic E-state index is 5.75. The number of benzene rings is 1. The second-order valence-corrected chi connectivity index (χ2v) is 6.04. The van der Waals surface area contributed by atoms with E-state index in [0.717, 1.165) is 18.8 Å². The van der Waals surface area contributed by atoms with Crippen molar-refractivity contribution >= 4 is 5.69 Å². The molecular weight excluding hydrogens is 220 g/mol. The van der Waals surface area contributed by atoms with Crippen LogP contribution in [0.3, 0.4) is 0 Å². The average molecular weight is 244 g/mol. The Kier molecular flexibility index (Phi) is 3.76. The van der Waals surface area contributed by atoms with Gasteiger partial charge < -0.3 is 5.73 Å². The molecule has 0 saturated carbocycles. The standard InChI is InChI=1S/C16H24N2/c1-13-8-10-18(11-9-13)12-16(2,3)14-4-6-15(17)7-5-14/h4-8H,9-12,17H2,1-3H3. The van der Waals surface area contributed by atoms with Crippen molar-refractivity contribution in [1.82, 2.24) is 4.90 Å². The first kappa shape index (κ1) is 13.2. The van der Waals surface area contributed by atoms with Gasteiger partial charge in [-0.1, -0.05) is 37.6 Å². The van der Waals surface area contributed by atoms with Crippen LogP contribution in [0.25, 0.3) is 0 Å². The van der Waals surface area contributed by atoms with Gasteiger partial charge in [-0.05, 0) is 31.0 Å². The molecule has 2 rings (SSSR count). The Morgan fingerprint density at radius 1 is 1.22 bits per heavy atom. The highest BCUT2D eigenvalue weighted by molar-refractivity contribution is 5.41. The van der Waals surface area contributed by atoms with E-state index in [4.69, 9.17) is 5.73 Å². The topological polar surface area (TPSA) is 29.3 Å². The molecule has 0 spiro atoms. The SMILES string of the molecule is CC1=CCN(CC(C)(C)c2ccc(N)cc2)CC1. The van der Waals surface area contributed by atoms with Crippen molar-refractivity contribution in [3.63, 3.8) is 0 Å². The highest BCUT2D eigenvalue weighted by Gasteiger charge is 2.24. The Bertz CT molecular complexity index is 429. The maximum Gasteiger partial charge on any atom is 0.0314 e. The van der Waals surface area contributed by atoms with Crippen molar-refractivity contribution in [3.05, 3.63) is 41.5 Å². The number of nitrogen functional groups attached to an aromatic ring is 1. The third kappa shape index (κ3) is 3.14. The molecule has 1 aliphatic rings. The molecule has 0 atom stereocenters. The largest absolute Gasteiger partial charge is 0.399 e. The third-order valence-corrected chi connectivity index (χ3v) is 3.83. The fourth-order valence-electron chi connectivity index (χ4n) is 2.54. The molecule has 1 aromatic rings. The fourth-order valence-corrected chi connectivity index (χ4v) is 2.54. The van der Waals surface area contributed by atoms with Gasteiger partial charge in [-0.15, -0.1) is 0 Å². The van der Waals surface area contributed by atoms with E-state index in [-0.39, 0.29) is 5.41 Å². The normalized spacial score (nSPS) is 17.6. The van der Waals surface area contributed by atoms with E-state index >= 15 is 0 Å². The van der Waals surface area contributed by atoms with Gasteiger partial charge in [0.15, 0.2) is 0 Å². The predicted molar refractivity (Wildman–Crippen MR) is 78.7 cm³/mol. The molecule has 0 bridgehead atoms. The van der Waals surface area contributed by atoms with Crippen LogP contribution in [-0.4, -0.2) is 24.5 Å². The van der Waals surface area contributed by atoms with Gasteiger partial charge in [-0.25, -0.2) is 0 Å². The van der Waals surface area contributed by atoms with Crippen LogP contribution in [0.1, 0.15) is 32.8 Å². The lowest BCUT2D eigenvalue weighted by atomic mass is 9.83. The molecule has 98 valence electrons. The van der Waals surface area contributed by atoms with Crippen molar-refractivity contribution in [3.8, 4) is 0 Å². The smallest absolute Gasteiger partial charge is 0.0314 e. The summed E-state index contributed by atoms with van der Waals surface area (Å²) in [6.07, 6.45) is 3.56. The molecule has 0 amide bonds. The van der Waals surface area contributed by atoms with Crippen molar-refractivity contribution in [2.24, 2.45) is 0 Å². The summed E-state index contributed by atoms with van der Waals surface area (Å²) in [6, 6.07) is 8.30. The number of hydrogen-bond donors (Lipinski definition) is 1. The monoisotopic (exact) mass is 244 g/mol. The van der Waals surface area contributed by atoms with Gasteiger partial charge in [0.05, 0.1) is 0 Å². The van der Waals surface area contributed by atoms with E-state index in [9.17, 15) is 0 Å². The molecule has 0 unspecified atom stereocenters. The first-order chi connectivity index (χ1) is 8.47. The van der Waals surface area contributed by atoms with Crippen LogP contribution in [0.15, 0.2) is 35.9 Å². The Balaban J connectivity index is 2.05. The van der Waals surface area contributed by atoms with Gasteiger partial charge in [-0.3, -0.25) is 4.90 Å². The second-order valence-electron chi connectivity index (χ2n) is 6.04. The minimum absolute atomic E-state index is 0.173. The summed E-state index contributed by atoms with van der Waals surface area (Å²) in [5.41, 5.74) is 9.65. The van der Waals surface area contributed by atoms with Crippen LogP contribution in [-0.2, 0) is 5.41 Å². The molecule has 2 nitrogen and oxygen atoms in total. The Hall–Kier alpha value is -1.28. The molecule has 18 heavy (non-hydrogen) atoms. The zero-order valence-corrected chi connectivity index (χ0v) is 11.7. The maximum atomic E-state index is 5.75. The molecule has 0 fully saturated rings. The molecule has 0 aromatic heterocycles. The van der Waals surface area contributed by atoms with Gasteiger partial charge in [-0.2, -0.15) is 0 Å². The molecule has 0 aliphatic carbocycles. The van der Waals surface area contributed by atoms with Crippen LogP contribution in [0.4, 0.5) is 5.69 Å². The van der Waals surface area contributed by atoms with Crippen LogP contribution in [0.2, 0.25) is 0 Å². The van der Waals surface area contributed by atoms with Crippen LogP contribution < -0.4 is 5.73 Å². The van der Waals surface area contributed by atoms with Crippen molar-refractivity contribution < 1.29 is 0 Å². The van der Waals surface area contributed by atoms with Crippen LogP contribution >= 0.6 is 0 Å². The first-order valence-electron chi connectivity index (χ1n) is 6.71. The van der Waals surface area contributed by atoms with Gasteiger partial charge >= 0.3 is 0 Å². The minimum atomic E-state index is 0.173. The van der Waals surface area contributed by atoms with Crippen molar-refractivity contribution in [1.29, 1.82) is 0 Å². The highest BCUT2D eigenvalue weighted by atomic mass is 15.1. The van der Waals surface area contributed by atoms with E-state index in [1.165, 1.54) is 24.1 Å². The summed E-state index contributed by atoms with van der Waals surface area (Å²) in [7, 11) is 0.